The van der Waals surface area contributed by atoms with E-state index in [1.165, 1.54) is 6.33 Å². The predicted octanol–water partition coefficient (Wildman–Crippen LogP) is -0.948. The molecule has 0 atom stereocenters. The smallest absolute Gasteiger partial charge is 0.295 e. The Balaban J connectivity index is 3.06. The van der Waals surface area contributed by atoms with Gasteiger partial charge in [0.05, 0.1) is 6.33 Å². The van der Waals surface area contributed by atoms with Gasteiger partial charge in [-0.05, 0) is 0 Å². The molecule has 0 aliphatic carbocycles. The Morgan fingerprint density at radius 3 is 3.18 bits per heavy atom. The Bertz CT molecular complexity index is 441. The summed E-state index contributed by atoms with van der Waals surface area (Å²) in [6.07, 6.45) is 1.52. The Hall–Kier alpha value is -1.72. The van der Waals surface area contributed by atoms with E-state index in [4.69, 9.17) is 0 Å². The van der Waals surface area contributed by atoms with Crippen LogP contribution in [-0.2, 0) is 7.05 Å². The molecular weight excluding hydrogens is 146 g/mol. The zero-order valence-electron chi connectivity index (χ0n) is 5.77. The summed E-state index contributed by atoms with van der Waals surface area (Å²) in [6, 6.07) is 0. The number of rotatable bonds is 0. The molecule has 0 radical (unpaired) electrons. The van der Waals surface area contributed by atoms with E-state index in [9.17, 15) is 4.79 Å². The third kappa shape index (κ3) is 0.721. The zero-order valence-corrected chi connectivity index (χ0v) is 5.77. The summed E-state index contributed by atoms with van der Waals surface area (Å²) in [4.78, 5) is 14.8. The fraction of sp³-hybridized carbons (Fsp3) is 0.200. The van der Waals surface area contributed by atoms with Gasteiger partial charge in [0.15, 0.2) is 11.2 Å². The fourth-order valence-electron chi connectivity index (χ4n) is 0.873. The van der Waals surface area contributed by atoms with Gasteiger partial charge in [0.2, 0.25) is 0 Å². The summed E-state index contributed by atoms with van der Waals surface area (Å²) in [5, 5.41) is 9.29. The number of fused-ring (bicyclic) bond motifs is 1. The summed E-state index contributed by atoms with van der Waals surface area (Å²) in [6.45, 7) is 0. The second-order valence-corrected chi connectivity index (χ2v) is 2.17. The molecule has 0 aromatic carbocycles. The Kier molecular flexibility index (Phi) is 1.03. The standard InChI is InChI=1S/C5H5N5O/c1-10-2-6-3-4(10)7-9-8-5(3)11/h2H,1H3,(H,7,8,11). The SMILES string of the molecule is Cn1cnc2c(=O)[nH]nnc21. The second-order valence-electron chi connectivity index (χ2n) is 2.17. The van der Waals surface area contributed by atoms with E-state index < -0.39 is 0 Å². The van der Waals surface area contributed by atoms with Crippen LogP contribution in [0.5, 0.6) is 0 Å². The highest BCUT2D eigenvalue weighted by atomic mass is 16.1. The van der Waals surface area contributed by atoms with Gasteiger partial charge in [0.25, 0.3) is 5.56 Å². The van der Waals surface area contributed by atoms with Gasteiger partial charge >= 0.3 is 0 Å². The van der Waals surface area contributed by atoms with Crippen LogP contribution < -0.4 is 5.56 Å². The molecule has 0 saturated heterocycles. The second kappa shape index (κ2) is 1.88. The maximum Gasteiger partial charge on any atom is 0.295 e. The average Bonchev–Trinajstić information content (AvgIpc) is 2.35. The minimum atomic E-state index is -0.310. The van der Waals surface area contributed by atoms with Gasteiger partial charge in [-0.1, -0.05) is 5.21 Å². The lowest BCUT2D eigenvalue weighted by atomic mass is 10.6. The lowest BCUT2D eigenvalue weighted by Crippen LogP contribution is -2.10. The van der Waals surface area contributed by atoms with Crippen LogP contribution in [0.15, 0.2) is 11.1 Å². The van der Waals surface area contributed by atoms with E-state index in [0.717, 1.165) is 0 Å². The van der Waals surface area contributed by atoms with E-state index in [1.807, 2.05) is 0 Å². The first-order valence-corrected chi connectivity index (χ1v) is 3.01. The van der Waals surface area contributed by atoms with Crippen molar-refractivity contribution < 1.29 is 0 Å². The highest BCUT2D eigenvalue weighted by Crippen LogP contribution is 1.98. The van der Waals surface area contributed by atoms with E-state index >= 15 is 0 Å². The first-order valence-electron chi connectivity index (χ1n) is 3.01. The molecule has 0 amide bonds. The van der Waals surface area contributed by atoms with Crippen molar-refractivity contribution in [1.82, 2.24) is 25.0 Å². The molecule has 0 aliphatic heterocycles. The van der Waals surface area contributed by atoms with Crippen molar-refractivity contribution in [2.24, 2.45) is 7.05 Å². The first-order chi connectivity index (χ1) is 5.29. The molecular formula is C5H5N5O. The minimum Gasteiger partial charge on any atom is -0.317 e. The van der Waals surface area contributed by atoms with Gasteiger partial charge in [-0.15, -0.1) is 5.10 Å². The van der Waals surface area contributed by atoms with Crippen LogP contribution in [-0.4, -0.2) is 25.0 Å². The molecule has 2 heterocycles. The van der Waals surface area contributed by atoms with Crippen LogP contribution in [0.1, 0.15) is 0 Å². The number of aromatic amines is 1. The number of imidazole rings is 1. The number of hydrogen-bond donors (Lipinski definition) is 1. The Morgan fingerprint density at radius 2 is 2.45 bits per heavy atom. The number of hydrogen-bond acceptors (Lipinski definition) is 4. The third-order valence-corrected chi connectivity index (χ3v) is 1.42. The summed E-state index contributed by atoms with van der Waals surface area (Å²) in [7, 11) is 1.75. The molecule has 0 unspecified atom stereocenters. The quantitative estimate of drug-likeness (QED) is 0.526. The largest absolute Gasteiger partial charge is 0.317 e. The highest BCUT2D eigenvalue weighted by Gasteiger charge is 2.03. The van der Waals surface area contributed by atoms with Crippen LogP contribution in [0, 0.1) is 0 Å². The molecule has 1 N–H and O–H groups in total. The number of H-pyrrole nitrogens is 1. The van der Waals surface area contributed by atoms with Gasteiger partial charge in [-0.3, -0.25) is 4.79 Å². The van der Waals surface area contributed by atoms with Crippen molar-refractivity contribution >= 4 is 11.2 Å². The van der Waals surface area contributed by atoms with Gasteiger partial charge in [0, 0.05) is 7.05 Å². The molecule has 0 aliphatic rings. The first kappa shape index (κ1) is 6.02. The van der Waals surface area contributed by atoms with Crippen molar-refractivity contribution in [1.29, 1.82) is 0 Å². The van der Waals surface area contributed by atoms with Crippen molar-refractivity contribution in [3.8, 4) is 0 Å². The molecule has 0 fully saturated rings. The number of aryl methyl sites for hydroxylation is 1. The van der Waals surface area contributed by atoms with Gasteiger partial charge in [-0.2, -0.15) is 0 Å². The number of nitrogens with one attached hydrogen (secondary N) is 1. The number of nitrogens with zero attached hydrogens (tertiary/aromatic N) is 4. The molecule has 6 nitrogen and oxygen atoms in total. The van der Waals surface area contributed by atoms with Crippen LogP contribution in [0.25, 0.3) is 11.2 Å². The van der Waals surface area contributed by atoms with Gasteiger partial charge < -0.3 is 4.57 Å². The highest BCUT2D eigenvalue weighted by molar-refractivity contribution is 5.67. The molecule has 2 rings (SSSR count). The summed E-state index contributed by atoms with van der Waals surface area (Å²) in [5.74, 6) is 0. The lowest BCUT2D eigenvalue weighted by molar-refractivity contribution is 0.836. The maximum absolute atomic E-state index is 11.0. The topological polar surface area (TPSA) is 76.5 Å². The van der Waals surface area contributed by atoms with Crippen LogP contribution in [0.2, 0.25) is 0 Å². The van der Waals surface area contributed by atoms with Crippen molar-refractivity contribution in [3.63, 3.8) is 0 Å². The maximum atomic E-state index is 11.0. The third-order valence-electron chi connectivity index (χ3n) is 1.42. The fourth-order valence-corrected chi connectivity index (χ4v) is 0.873. The predicted molar refractivity (Wildman–Crippen MR) is 36.9 cm³/mol. The van der Waals surface area contributed by atoms with Crippen LogP contribution in [0.4, 0.5) is 0 Å². The van der Waals surface area contributed by atoms with E-state index in [1.54, 1.807) is 11.6 Å². The van der Waals surface area contributed by atoms with Gasteiger partial charge in [-0.25, -0.2) is 10.1 Å². The lowest BCUT2D eigenvalue weighted by Gasteiger charge is -1.87. The monoisotopic (exact) mass is 151 g/mol. The minimum absolute atomic E-state index is 0.310. The summed E-state index contributed by atoms with van der Waals surface area (Å²) >= 11 is 0. The Morgan fingerprint density at radius 1 is 1.64 bits per heavy atom. The molecule has 0 spiro atoms. The van der Waals surface area contributed by atoms with Crippen molar-refractivity contribution in [2.75, 3.05) is 0 Å². The number of aromatic nitrogens is 5. The van der Waals surface area contributed by atoms with Crippen molar-refractivity contribution in [3.05, 3.63) is 16.7 Å². The van der Waals surface area contributed by atoms with Crippen LogP contribution >= 0.6 is 0 Å². The summed E-state index contributed by atoms with van der Waals surface area (Å²) < 4.78 is 1.64. The average molecular weight is 151 g/mol. The molecule has 2 aromatic rings. The van der Waals surface area contributed by atoms with E-state index in [2.05, 4.69) is 20.4 Å². The van der Waals surface area contributed by atoms with E-state index in [-0.39, 0.29) is 5.56 Å². The molecule has 6 heteroatoms. The van der Waals surface area contributed by atoms with Gasteiger partial charge in [0.1, 0.15) is 0 Å². The normalized spacial score (nSPS) is 10.6. The van der Waals surface area contributed by atoms with Crippen LogP contribution in [0.3, 0.4) is 0 Å². The molecule has 56 valence electrons. The molecule has 0 saturated carbocycles. The molecule has 2 aromatic heterocycles. The van der Waals surface area contributed by atoms with E-state index in [0.29, 0.717) is 11.2 Å². The summed E-state index contributed by atoms with van der Waals surface area (Å²) in [5.41, 5.74) is 0.506. The molecule has 0 bridgehead atoms. The molecule has 11 heavy (non-hydrogen) atoms. The Labute approximate surface area is 60.9 Å². The van der Waals surface area contributed by atoms with Crippen molar-refractivity contribution in [2.45, 2.75) is 0 Å². The zero-order chi connectivity index (χ0) is 7.84.